The normalized spacial score (nSPS) is 13.2. The van der Waals surface area contributed by atoms with E-state index in [1.807, 2.05) is 49.3 Å². The number of likely N-dealkylation sites (N-methyl/N-ethyl adjacent to an activating group) is 1. The first-order valence-electron chi connectivity index (χ1n) is 8.37. The van der Waals surface area contributed by atoms with Crippen LogP contribution in [0.1, 0.15) is 11.6 Å². The molecule has 0 aliphatic heterocycles. The van der Waals surface area contributed by atoms with Gasteiger partial charge in [0.1, 0.15) is 0 Å². The van der Waals surface area contributed by atoms with Crippen molar-refractivity contribution in [2.45, 2.75) is 10.9 Å². The number of benzene rings is 3. The Morgan fingerprint density at radius 1 is 0.926 bits per heavy atom. The monoisotopic (exact) mass is 422 g/mol. The quantitative estimate of drug-likeness (QED) is 0.624. The summed E-state index contributed by atoms with van der Waals surface area (Å²) in [6.45, 7) is 0.477. The molecule has 0 fully saturated rings. The minimum absolute atomic E-state index is 0.227. The Balaban J connectivity index is 1.96. The lowest BCUT2D eigenvalue weighted by molar-refractivity contribution is 0.363. The van der Waals surface area contributed by atoms with Crippen molar-refractivity contribution in [3.63, 3.8) is 0 Å². The zero-order valence-corrected chi connectivity index (χ0v) is 17.3. The molecular weight excluding hydrogens is 403 g/mol. The molecule has 0 heterocycles. The van der Waals surface area contributed by atoms with Gasteiger partial charge >= 0.3 is 0 Å². The zero-order chi connectivity index (χ0) is 19.6. The molecule has 27 heavy (non-hydrogen) atoms. The van der Waals surface area contributed by atoms with Gasteiger partial charge in [-0.05, 0) is 54.7 Å². The van der Waals surface area contributed by atoms with Crippen molar-refractivity contribution in [3.05, 3.63) is 76.3 Å². The van der Waals surface area contributed by atoms with Crippen LogP contribution >= 0.6 is 23.2 Å². The largest absolute Gasteiger partial charge is 0.307 e. The summed E-state index contributed by atoms with van der Waals surface area (Å²) in [6.07, 6.45) is 0. The average Bonchev–Trinajstić information content (AvgIpc) is 2.62. The first-order valence-corrected chi connectivity index (χ1v) is 10.6. The molecule has 0 amide bonds. The Bertz CT molecular complexity index is 1070. The van der Waals surface area contributed by atoms with Gasteiger partial charge in [0, 0.05) is 6.54 Å². The van der Waals surface area contributed by atoms with Crippen LogP contribution in [0.5, 0.6) is 0 Å². The van der Waals surface area contributed by atoms with Crippen molar-refractivity contribution < 1.29 is 8.42 Å². The predicted molar refractivity (Wildman–Crippen MR) is 112 cm³/mol. The van der Waals surface area contributed by atoms with Crippen LogP contribution in [0.2, 0.25) is 10.0 Å². The molecule has 7 heteroatoms. The van der Waals surface area contributed by atoms with Gasteiger partial charge in [0.15, 0.2) is 0 Å². The molecule has 0 saturated carbocycles. The second kappa shape index (κ2) is 8.17. The van der Waals surface area contributed by atoms with Crippen molar-refractivity contribution in [2.24, 2.45) is 0 Å². The summed E-state index contributed by atoms with van der Waals surface area (Å²) in [5.74, 6) is 0. The van der Waals surface area contributed by atoms with Gasteiger partial charge in [0.2, 0.25) is 10.0 Å². The molecule has 0 aliphatic carbocycles. The number of hydrogen-bond donors (Lipinski definition) is 1. The van der Waals surface area contributed by atoms with E-state index in [4.69, 9.17) is 23.2 Å². The Kier molecular flexibility index (Phi) is 6.08. The molecule has 0 aliphatic rings. The number of fused-ring (bicyclic) bond motifs is 1. The first kappa shape index (κ1) is 20.1. The topological polar surface area (TPSA) is 49.4 Å². The van der Waals surface area contributed by atoms with Gasteiger partial charge in [0.25, 0.3) is 0 Å². The molecule has 3 aromatic rings. The molecule has 1 N–H and O–H groups in total. The molecule has 4 nitrogen and oxygen atoms in total. The van der Waals surface area contributed by atoms with Crippen LogP contribution in [0, 0.1) is 0 Å². The van der Waals surface area contributed by atoms with E-state index < -0.39 is 16.1 Å². The zero-order valence-electron chi connectivity index (χ0n) is 15.0. The Labute approximate surface area is 169 Å². The fraction of sp³-hybridized carbons (Fsp3) is 0.200. The summed E-state index contributed by atoms with van der Waals surface area (Å²) in [4.78, 5) is 2.14. The summed E-state index contributed by atoms with van der Waals surface area (Å²) in [6, 6.07) is 17.4. The smallest absolute Gasteiger partial charge is 0.241 e. The van der Waals surface area contributed by atoms with Crippen molar-refractivity contribution >= 4 is 44.0 Å². The van der Waals surface area contributed by atoms with Crippen LogP contribution in [0.15, 0.2) is 65.6 Å². The molecule has 3 rings (SSSR count). The van der Waals surface area contributed by atoms with E-state index in [0.29, 0.717) is 16.6 Å². The van der Waals surface area contributed by atoms with Crippen molar-refractivity contribution in [1.29, 1.82) is 0 Å². The highest BCUT2D eigenvalue weighted by Crippen LogP contribution is 2.27. The molecule has 0 spiro atoms. The van der Waals surface area contributed by atoms with E-state index in [-0.39, 0.29) is 4.90 Å². The molecule has 3 aromatic carbocycles. The highest BCUT2D eigenvalue weighted by molar-refractivity contribution is 7.89. The van der Waals surface area contributed by atoms with Gasteiger partial charge in [-0.3, -0.25) is 0 Å². The van der Waals surface area contributed by atoms with Crippen molar-refractivity contribution in [2.75, 3.05) is 20.6 Å². The highest BCUT2D eigenvalue weighted by atomic mass is 35.5. The second-order valence-electron chi connectivity index (χ2n) is 6.62. The molecule has 0 radical (unpaired) electrons. The molecule has 0 unspecified atom stereocenters. The first-order chi connectivity index (χ1) is 12.8. The fourth-order valence-corrected chi connectivity index (χ4v) is 4.45. The molecule has 0 bridgehead atoms. The van der Waals surface area contributed by atoms with Crippen molar-refractivity contribution in [1.82, 2.24) is 9.62 Å². The van der Waals surface area contributed by atoms with Crippen LogP contribution in [0.4, 0.5) is 0 Å². The Hall–Kier alpha value is -1.63. The van der Waals surface area contributed by atoms with E-state index in [2.05, 4.69) is 4.72 Å². The van der Waals surface area contributed by atoms with Crippen LogP contribution in [0.3, 0.4) is 0 Å². The van der Waals surface area contributed by atoms with E-state index in [9.17, 15) is 8.42 Å². The minimum Gasteiger partial charge on any atom is -0.307 e. The molecule has 142 valence electrons. The average molecular weight is 423 g/mol. The van der Waals surface area contributed by atoms with E-state index in [1.54, 1.807) is 30.3 Å². The third-order valence-corrected chi connectivity index (χ3v) is 6.43. The predicted octanol–water partition coefficient (Wildman–Crippen LogP) is 4.73. The Morgan fingerprint density at radius 2 is 1.63 bits per heavy atom. The maximum Gasteiger partial charge on any atom is 0.241 e. The van der Waals surface area contributed by atoms with Crippen LogP contribution < -0.4 is 4.72 Å². The van der Waals surface area contributed by atoms with E-state index in [0.717, 1.165) is 16.3 Å². The van der Waals surface area contributed by atoms with Crippen LogP contribution in [-0.4, -0.2) is 34.0 Å². The summed E-state index contributed by atoms with van der Waals surface area (Å²) in [7, 11) is 0.0471. The van der Waals surface area contributed by atoms with Gasteiger partial charge in [-0.15, -0.1) is 0 Å². The lowest BCUT2D eigenvalue weighted by Gasteiger charge is -2.23. The van der Waals surface area contributed by atoms with Crippen LogP contribution in [0.25, 0.3) is 10.8 Å². The van der Waals surface area contributed by atoms with Crippen LogP contribution in [-0.2, 0) is 10.0 Å². The summed E-state index contributed by atoms with van der Waals surface area (Å²) >= 11 is 12.1. The van der Waals surface area contributed by atoms with Gasteiger partial charge < -0.3 is 4.90 Å². The SMILES string of the molecule is CN(C)C[C@@H](NS(=O)(=O)c1ccc2ccccc2c1)c1ccc(Cl)c(Cl)c1. The number of rotatable bonds is 6. The summed E-state index contributed by atoms with van der Waals surface area (Å²) in [5, 5.41) is 2.69. The summed E-state index contributed by atoms with van der Waals surface area (Å²) < 4.78 is 28.8. The fourth-order valence-electron chi connectivity index (χ4n) is 2.89. The standard InChI is InChI=1S/C20H20Cl2N2O2S/c1-24(2)13-20(16-8-10-18(21)19(22)12-16)23-27(25,26)17-9-7-14-5-3-4-6-15(14)11-17/h3-12,20,23H,13H2,1-2H3/t20-/m1/s1. The number of nitrogens with zero attached hydrogens (tertiary/aromatic N) is 1. The molecule has 0 aromatic heterocycles. The van der Waals surface area contributed by atoms with Gasteiger partial charge in [-0.25, -0.2) is 13.1 Å². The summed E-state index contributed by atoms with van der Waals surface area (Å²) in [5.41, 5.74) is 0.752. The van der Waals surface area contributed by atoms with Gasteiger partial charge in [-0.2, -0.15) is 0 Å². The van der Waals surface area contributed by atoms with E-state index >= 15 is 0 Å². The van der Waals surface area contributed by atoms with Crippen molar-refractivity contribution in [3.8, 4) is 0 Å². The third-order valence-electron chi connectivity index (χ3n) is 4.22. The van der Waals surface area contributed by atoms with E-state index in [1.165, 1.54) is 0 Å². The van der Waals surface area contributed by atoms with Gasteiger partial charge in [-0.1, -0.05) is 59.6 Å². The maximum atomic E-state index is 13.0. The molecular formula is C20H20Cl2N2O2S. The molecule has 1 atom stereocenters. The minimum atomic E-state index is -3.72. The number of hydrogen-bond acceptors (Lipinski definition) is 3. The second-order valence-corrected chi connectivity index (χ2v) is 9.15. The lowest BCUT2D eigenvalue weighted by Crippen LogP contribution is -2.35. The lowest BCUT2D eigenvalue weighted by atomic mass is 10.1. The molecule has 0 saturated heterocycles. The maximum absolute atomic E-state index is 13.0. The third kappa shape index (κ3) is 4.81. The number of sulfonamides is 1. The number of nitrogens with one attached hydrogen (secondary N) is 1. The number of halogens is 2. The Morgan fingerprint density at radius 3 is 2.30 bits per heavy atom. The van der Waals surface area contributed by atoms with Gasteiger partial charge in [0.05, 0.1) is 21.0 Å². The highest BCUT2D eigenvalue weighted by Gasteiger charge is 2.23.